The molecule has 1 saturated heterocycles. The summed E-state index contributed by atoms with van der Waals surface area (Å²) in [7, 11) is 0. The maximum atomic E-state index is 13.4. The minimum absolute atomic E-state index is 0.0812. The van der Waals surface area contributed by atoms with Crippen LogP contribution >= 0.6 is 0 Å². The third-order valence-electron chi connectivity index (χ3n) is 7.51. The molecule has 212 valence electrons. The Kier molecular flexibility index (Phi) is 7.71. The minimum atomic E-state index is -4.97. The van der Waals surface area contributed by atoms with Gasteiger partial charge in [0.05, 0.1) is 41.0 Å². The molecule has 0 bridgehead atoms. The summed E-state index contributed by atoms with van der Waals surface area (Å²) in [5.41, 5.74) is -4.77. The summed E-state index contributed by atoms with van der Waals surface area (Å²) in [6.45, 7) is 2.95. The first-order chi connectivity index (χ1) is 18.2. The van der Waals surface area contributed by atoms with Gasteiger partial charge in [-0.2, -0.15) is 31.4 Å². The van der Waals surface area contributed by atoms with Gasteiger partial charge in [-0.15, -0.1) is 0 Å². The number of hydrogen-bond donors (Lipinski definition) is 3. The van der Waals surface area contributed by atoms with Crippen molar-refractivity contribution in [3.63, 3.8) is 0 Å². The Balaban J connectivity index is 1.64. The Morgan fingerprint density at radius 1 is 1.03 bits per heavy atom. The van der Waals surface area contributed by atoms with Crippen molar-refractivity contribution in [1.29, 1.82) is 0 Å². The van der Waals surface area contributed by atoms with Gasteiger partial charge >= 0.3 is 18.0 Å². The van der Waals surface area contributed by atoms with Crippen LogP contribution in [0.3, 0.4) is 0 Å². The molecule has 1 aromatic heterocycles. The highest BCUT2D eigenvalue weighted by molar-refractivity contribution is 5.35. The molecule has 0 spiro atoms. The summed E-state index contributed by atoms with van der Waals surface area (Å²) in [6.07, 6.45) is -10.1. The molecular formula is C26H28F6N4O3. The lowest BCUT2D eigenvalue weighted by molar-refractivity contribution is -0.143. The van der Waals surface area contributed by atoms with Crippen molar-refractivity contribution < 1.29 is 36.2 Å². The largest absolute Gasteiger partial charge is 0.416 e. The van der Waals surface area contributed by atoms with E-state index in [-0.39, 0.29) is 24.8 Å². The van der Waals surface area contributed by atoms with E-state index in [1.165, 1.54) is 17.8 Å². The molecule has 39 heavy (non-hydrogen) atoms. The first-order valence-corrected chi connectivity index (χ1v) is 12.2. The molecule has 0 saturated carbocycles. The van der Waals surface area contributed by atoms with Gasteiger partial charge in [-0.25, -0.2) is 9.89 Å². The third kappa shape index (κ3) is 5.75. The second-order valence-electron chi connectivity index (χ2n) is 9.91. The Morgan fingerprint density at radius 2 is 1.64 bits per heavy atom. The van der Waals surface area contributed by atoms with Crippen LogP contribution in [0.25, 0.3) is 0 Å². The maximum Gasteiger partial charge on any atom is 0.416 e. The van der Waals surface area contributed by atoms with Gasteiger partial charge in [0.25, 0.3) is 0 Å². The van der Waals surface area contributed by atoms with Crippen LogP contribution in [0.1, 0.15) is 55.0 Å². The highest BCUT2D eigenvalue weighted by Crippen LogP contribution is 2.41. The lowest BCUT2D eigenvalue weighted by Gasteiger charge is -2.49. The number of alkyl halides is 6. The number of ether oxygens (including phenoxy) is 1. The number of H-pyrrole nitrogens is 1. The number of aromatic amines is 1. The average Bonchev–Trinajstić information content (AvgIpc) is 3.33. The molecule has 1 aliphatic rings. The van der Waals surface area contributed by atoms with Gasteiger partial charge in [-0.3, -0.25) is 4.57 Å². The van der Waals surface area contributed by atoms with Crippen molar-refractivity contribution in [1.82, 2.24) is 20.1 Å². The summed E-state index contributed by atoms with van der Waals surface area (Å²) in [6, 6.07) is 10.4. The van der Waals surface area contributed by atoms with Gasteiger partial charge in [0.1, 0.15) is 6.33 Å². The summed E-state index contributed by atoms with van der Waals surface area (Å²) in [4.78, 5) is 12.3. The molecule has 4 atom stereocenters. The fraction of sp³-hybridized carbons (Fsp3) is 0.462. The van der Waals surface area contributed by atoms with Gasteiger partial charge in [-0.05, 0) is 56.0 Å². The van der Waals surface area contributed by atoms with Crippen LogP contribution in [0.15, 0.2) is 59.7 Å². The highest BCUT2D eigenvalue weighted by atomic mass is 19.4. The van der Waals surface area contributed by atoms with Gasteiger partial charge in [0, 0.05) is 6.54 Å². The van der Waals surface area contributed by atoms with E-state index < -0.39 is 52.5 Å². The van der Waals surface area contributed by atoms with Crippen LogP contribution in [0.5, 0.6) is 0 Å². The fourth-order valence-electron chi connectivity index (χ4n) is 5.05. The molecule has 1 aliphatic heterocycles. The topological polar surface area (TPSA) is 92.2 Å². The van der Waals surface area contributed by atoms with Gasteiger partial charge in [0.15, 0.2) is 0 Å². The predicted molar refractivity (Wildman–Crippen MR) is 129 cm³/mol. The van der Waals surface area contributed by atoms with E-state index in [9.17, 15) is 36.2 Å². The number of piperidine rings is 1. The molecule has 4 rings (SSSR count). The second-order valence-corrected chi connectivity index (χ2v) is 9.91. The summed E-state index contributed by atoms with van der Waals surface area (Å²) >= 11 is 0. The Bertz CT molecular complexity index is 1290. The lowest BCUT2D eigenvalue weighted by atomic mass is 9.74. The minimum Gasteiger partial charge on any atom is -0.391 e. The third-order valence-corrected chi connectivity index (χ3v) is 7.51. The monoisotopic (exact) mass is 558 g/mol. The molecule has 0 aliphatic carbocycles. The molecule has 1 fully saturated rings. The first-order valence-electron chi connectivity index (χ1n) is 12.2. The van der Waals surface area contributed by atoms with Gasteiger partial charge < -0.3 is 15.2 Å². The van der Waals surface area contributed by atoms with E-state index in [1.54, 1.807) is 25.1 Å². The fourth-order valence-corrected chi connectivity index (χ4v) is 5.05. The van der Waals surface area contributed by atoms with Crippen LogP contribution in [-0.4, -0.2) is 39.1 Å². The van der Waals surface area contributed by atoms with E-state index in [0.717, 1.165) is 5.56 Å². The van der Waals surface area contributed by atoms with Gasteiger partial charge in [0.2, 0.25) is 0 Å². The van der Waals surface area contributed by atoms with Crippen molar-refractivity contribution in [3.8, 4) is 0 Å². The van der Waals surface area contributed by atoms with E-state index in [2.05, 4.69) is 15.5 Å². The average molecular weight is 559 g/mol. The molecule has 2 heterocycles. The molecule has 3 aromatic rings. The van der Waals surface area contributed by atoms with Crippen molar-refractivity contribution in [2.45, 2.75) is 62.3 Å². The van der Waals surface area contributed by atoms with Crippen LogP contribution in [0, 0.1) is 0 Å². The molecule has 3 N–H and O–H groups in total. The number of aromatic nitrogens is 3. The van der Waals surface area contributed by atoms with Crippen LogP contribution < -0.4 is 11.0 Å². The first kappa shape index (κ1) is 28.8. The quantitative estimate of drug-likeness (QED) is 0.365. The van der Waals surface area contributed by atoms with Crippen molar-refractivity contribution >= 4 is 0 Å². The van der Waals surface area contributed by atoms with E-state index >= 15 is 0 Å². The molecule has 2 aromatic carbocycles. The van der Waals surface area contributed by atoms with Crippen molar-refractivity contribution in [3.05, 3.63) is 87.6 Å². The number of hydrogen-bond acceptors (Lipinski definition) is 5. The second kappa shape index (κ2) is 10.4. The van der Waals surface area contributed by atoms with Gasteiger partial charge in [-0.1, -0.05) is 30.3 Å². The van der Waals surface area contributed by atoms with Crippen molar-refractivity contribution in [2.24, 2.45) is 0 Å². The number of rotatable bonds is 7. The molecule has 0 radical (unpaired) electrons. The smallest absolute Gasteiger partial charge is 0.391 e. The number of halogens is 6. The zero-order chi connectivity index (χ0) is 28.6. The molecule has 1 unspecified atom stereocenters. The highest BCUT2D eigenvalue weighted by Gasteiger charge is 2.48. The Labute approximate surface area is 219 Å². The van der Waals surface area contributed by atoms with E-state index in [1.807, 2.05) is 12.1 Å². The molecule has 13 heteroatoms. The predicted octanol–water partition coefficient (Wildman–Crippen LogP) is 4.74. The molecule has 0 amide bonds. The molecule has 7 nitrogen and oxygen atoms in total. The van der Waals surface area contributed by atoms with Crippen LogP contribution in [-0.2, 0) is 28.2 Å². The SMILES string of the molecule is CC(O)[C@]1(n2cn[nH]c2=O)CC[C@@](CO[C@H](C)c2cc(C(F)(F)F)cc(C(F)(F)F)c2)(c2ccccc2)NC1. The number of aliphatic hydroxyl groups excluding tert-OH is 1. The summed E-state index contributed by atoms with van der Waals surface area (Å²) < 4.78 is 87.5. The number of nitrogens with zero attached hydrogens (tertiary/aromatic N) is 2. The Hall–Kier alpha value is -3.16. The number of aliphatic hydroxyl groups is 1. The zero-order valence-corrected chi connectivity index (χ0v) is 21.1. The lowest BCUT2D eigenvalue weighted by Crippen LogP contribution is -2.63. The Morgan fingerprint density at radius 3 is 2.10 bits per heavy atom. The molecular weight excluding hydrogens is 530 g/mol. The maximum absolute atomic E-state index is 13.4. The van der Waals surface area contributed by atoms with Crippen LogP contribution in [0.4, 0.5) is 26.3 Å². The van der Waals surface area contributed by atoms with E-state index in [0.29, 0.717) is 25.0 Å². The number of nitrogens with one attached hydrogen (secondary N) is 2. The zero-order valence-electron chi connectivity index (χ0n) is 21.1. The summed E-state index contributed by atoms with van der Waals surface area (Å²) in [5, 5.41) is 20.1. The standard InChI is InChI=1S/C26H28F6N4O3/c1-16(18-10-20(25(27,28)29)12-21(11-18)26(30,31)32)39-14-23(19-6-4-3-5-7-19)8-9-24(13-33-23,17(2)37)36-15-34-35-22(36)38/h3-7,10-12,15-17,33,37H,8-9,13-14H2,1-2H3,(H,35,38)/t16-,17?,23-,24+/m1/s1. The van der Waals surface area contributed by atoms with Crippen molar-refractivity contribution in [2.75, 3.05) is 13.2 Å². The summed E-state index contributed by atoms with van der Waals surface area (Å²) in [5.74, 6) is 0. The van der Waals surface area contributed by atoms with E-state index in [4.69, 9.17) is 4.74 Å². The number of benzene rings is 2. The normalized spacial score (nSPS) is 23.9. The van der Waals surface area contributed by atoms with Crippen LogP contribution in [0.2, 0.25) is 0 Å².